The summed E-state index contributed by atoms with van der Waals surface area (Å²) in [6.45, 7) is 8.03. The summed E-state index contributed by atoms with van der Waals surface area (Å²) in [7, 11) is 1.98. The first-order valence-electron chi connectivity index (χ1n) is 6.26. The monoisotopic (exact) mass is 233 g/mol. The molecule has 0 aliphatic carbocycles. The Morgan fingerprint density at radius 3 is 2.65 bits per heavy atom. The van der Waals surface area contributed by atoms with Crippen LogP contribution in [-0.4, -0.2) is 31.3 Å². The van der Waals surface area contributed by atoms with Gasteiger partial charge < -0.3 is 4.79 Å². The van der Waals surface area contributed by atoms with Gasteiger partial charge in [-0.15, -0.1) is 0 Å². The van der Waals surface area contributed by atoms with E-state index < -0.39 is 0 Å². The molecule has 0 aliphatic heterocycles. The highest BCUT2D eigenvalue weighted by Crippen LogP contribution is 2.19. The third-order valence-corrected chi connectivity index (χ3v) is 3.19. The number of rotatable bonds is 6. The first-order chi connectivity index (χ1) is 8.04. The molecular formula is C15H23NO. The average Bonchev–Trinajstić information content (AvgIpc) is 2.28. The number of carbonyl (C=O) groups is 1. The van der Waals surface area contributed by atoms with Crippen LogP contribution in [0.25, 0.3) is 0 Å². The molecule has 0 N–H and O–H groups in total. The third-order valence-electron chi connectivity index (χ3n) is 3.19. The molecule has 94 valence electrons. The molecule has 0 saturated heterocycles. The molecule has 0 saturated carbocycles. The maximum atomic E-state index is 10.4. The Balaban J connectivity index is 2.69. The molecular weight excluding hydrogens is 210 g/mol. The fourth-order valence-electron chi connectivity index (χ4n) is 1.85. The maximum absolute atomic E-state index is 10.4. The van der Waals surface area contributed by atoms with Gasteiger partial charge in [0.1, 0.15) is 6.29 Å². The molecule has 1 aromatic rings. The van der Waals surface area contributed by atoms with E-state index in [1.807, 2.05) is 7.05 Å². The molecule has 0 unspecified atom stereocenters. The second-order valence-corrected chi connectivity index (χ2v) is 5.02. The number of benzene rings is 1. The Labute approximate surface area is 105 Å². The number of aryl methyl sites for hydroxylation is 1. The van der Waals surface area contributed by atoms with Gasteiger partial charge in [-0.1, -0.05) is 32.0 Å². The fraction of sp³-hybridized carbons (Fsp3) is 0.533. The summed E-state index contributed by atoms with van der Waals surface area (Å²) in [6, 6.07) is 6.71. The minimum absolute atomic E-state index is 0.517. The van der Waals surface area contributed by atoms with Crippen molar-refractivity contribution in [2.45, 2.75) is 33.1 Å². The summed E-state index contributed by atoms with van der Waals surface area (Å²) in [5.74, 6) is 0.571. The highest BCUT2D eigenvalue weighted by atomic mass is 16.1. The second-order valence-electron chi connectivity index (χ2n) is 5.02. The Hall–Kier alpha value is -1.15. The van der Waals surface area contributed by atoms with Gasteiger partial charge in [-0.3, -0.25) is 4.90 Å². The number of hydrogen-bond donors (Lipinski definition) is 0. The molecule has 0 spiro atoms. The lowest BCUT2D eigenvalue weighted by Gasteiger charge is -2.15. The zero-order chi connectivity index (χ0) is 12.8. The van der Waals surface area contributed by atoms with Crippen molar-refractivity contribution >= 4 is 6.29 Å². The van der Waals surface area contributed by atoms with E-state index in [0.717, 1.165) is 19.3 Å². The Morgan fingerprint density at radius 2 is 2.06 bits per heavy atom. The molecule has 0 bridgehead atoms. The summed E-state index contributed by atoms with van der Waals surface area (Å²) < 4.78 is 0. The van der Waals surface area contributed by atoms with Crippen LogP contribution in [0.4, 0.5) is 0 Å². The van der Waals surface area contributed by atoms with Crippen molar-refractivity contribution in [3.8, 4) is 0 Å². The molecule has 0 heterocycles. The van der Waals surface area contributed by atoms with Crippen LogP contribution >= 0.6 is 0 Å². The van der Waals surface area contributed by atoms with Gasteiger partial charge in [0.15, 0.2) is 0 Å². The van der Waals surface area contributed by atoms with Crippen molar-refractivity contribution in [1.82, 2.24) is 4.90 Å². The minimum Gasteiger partial charge on any atom is -0.302 e. The van der Waals surface area contributed by atoms with Crippen molar-refractivity contribution in [2.75, 3.05) is 20.1 Å². The first kappa shape index (κ1) is 13.9. The summed E-state index contributed by atoms with van der Waals surface area (Å²) in [5.41, 5.74) is 4.13. The largest absolute Gasteiger partial charge is 0.302 e. The Morgan fingerprint density at radius 1 is 1.35 bits per heavy atom. The van der Waals surface area contributed by atoms with Crippen LogP contribution in [-0.2, 0) is 11.2 Å². The van der Waals surface area contributed by atoms with Crippen LogP contribution in [0.1, 0.15) is 36.5 Å². The topological polar surface area (TPSA) is 20.3 Å². The van der Waals surface area contributed by atoms with Gasteiger partial charge in [0.25, 0.3) is 0 Å². The number of likely N-dealkylation sites (N-methyl/N-ethyl adjacent to an activating group) is 1. The van der Waals surface area contributed by atoms with E-state index in [-0.39, 0.29) is 0 Å². The normalized spacial score (nSPS) is 11.2. The van der Waals surface area contributed by atoms with Crippen LogP contribution in [0.15, 0.2) is 18.2 Å². The number of nitrogens with zero attached hydrogens (tertiary/aromatic N) is 1. The lowest BCUT2D eigenvalue weighted by molar-refractivity contribution is -0.108. The quantitative estimate of drug-likeness (QED) is 0.704. The molecule has 1 rings (SSSR count). The molecule has 0 fully saturated rings. The van der Waals surface area contributed by atoms with Crippen LogP contribution in [0.2, 0.25) is 0 Å². The molecule has 0 aromatic heterocycles. The molecule has 0 amide bonds. The first-order valence-corrected chi connectivity index (χ1v) is 6.26. The highest BCUT2D eigenvalue weighted by Gasteiger charge is 2.05. The van der Waals surface area contributed by atoms with E-state index >= 15 is 0 Å². The summed E-state index contributed by atoms with van der Waals surface area (Å²) >= 11 is 0. The van der Waals surface area contributed by atoms with Gasteiger partial charge in [-0.2, -0.15) is 0 Å². The van der Waals surface area contributed by atoms with E-state index in [4.69, 9.17) is 0 Å². The van der Waals surface area contributed by atoms with Crippen molar-refractivity contribution < 1.29 is 4.79 Å². The van der Waals surface area contributed by atoms with Crippen molar-refractivity contribution in [3.05, 3.63) is 34.9 Å². The maximum Gasteiger partial charge on any atom is 0.133 e. The lowest BCUT2D eigenvalue weighted by atomic mass is 9.96. The smallest absolute Gasteiger partial charge is 0.133 e. The van der Waals surface area contributed by atoms with Gasteiger partial charge in [0.2, 0.25) is 0 Å². The number of hydrogen-bond acceptors (Lipinski definition) is 2. The lowest BCUT2D eigenvalue weighted by Crippen LogP contribution is -2.23. The molecule has 0 atom stereocenters. The SMILES string of the molecule is Cc1ccc(C(C)C)cc1CCN(C)CC=O. The van der Waals surface area contributed by atoms with Crippen LogP contribution in [0, 0.1) is 6.92 Å². The highest BCUT2D eigenvalue weighted by molar-refractivity contribution is 5.51. The molecule has 0 radical (unpaired) electrons. The zero-order valence-electron chi connectivity index (χ0n) is 11.4. The van der Waals surface area contributed by atoms with E-state index in [9.17, 15) is 4.79 Å². The second kappa shape index (κ2) is 6.55. The van der Waals surface area contributed by atoms with E-state index in [1.165, 1.54) is 16.7 Å². The van der Waals surface area contributed by atoms with Crippen molar-refractivity contribution in [1.29, 1.82) is 0 Å². The van der Waals surface area contributed by atoms with Crippen molar-refractivity contribution in [2.24, 2.45) is 0 Å². The van der Waals surface area contributed by atoms with E-state index in [0.29, 0.717) is 12.5 Å². The van der Waals surface area contributed by atoms with Crippen molar-refractivity contribution in [3.63, 3.8) is 0 Å². The minimum atomic E-state index is 0.517. The predicted octanol–water partition coefficient (Wildman–Crippen LogP) is 2.79. The molecule has 2 heteroatoms. The molecule has 1 aromatic carbocycles. The van der Waals surface area contributed by atoms with Crippen LogP contribution < -0.4 is 0 Å². The third kappa shape index (κ3) is 4.31. The Bertz CT molecular complexity index is 371. The number of carbonyl (C=O) groups excluding carboxylic acids is 1. The van der Waals surface area contributed by atoms with Crippen LogP contribution in [0.3, 0.4) is 0 Å². The van der Waals surface area contributed by atoms with Gasteiger partial charge in [-0.05, 0) is 43.0 Å². The van der Waals surface area contributed by atoms with Gasteiger partial charge in [0, 0.05) is 6.54 Å². The average molecular weight is 233 g/mol. The standard InChI is InChI=1S/C15H23NO/c1-12(2)14-6-5-13(3)15(11-14)7-8-16(4)9-10-17/h5-6,10-12H,7-9H2,1-4H3. The fourth-order valence-corrected chi connectivity index (χ4v) is 1.85. The summed E-state index contributed by atoms with van der Waals surface area (Å²) in [4.78, 5) is 12.4. The summed E-state index contributed by atoms with van der Waals surface area (Å²) in [6.07, 6.45) is 1.97. The zero-order valence-corrected chi connectivity index (χ0v) is 11.4. The molecule has 17 heavy (non-hydrogen) atoms. The molecule has 2 nitrogen and oxygen atoms in total. The predicted molar refractivity (Wildman–Crippen MR) is 72.5 cm³/mol. The van der Waals surface area contributed by atoms with Gasteiger partial charge in [0.05, 0.1) is 6.54 Å². The Kier molecular flexibility index (Phi) is 5.36. The molecule has 0 aliphatic rings. The van der Waals surface area contributed by atoms with E-state index in [2.05, 4.69) is 43.9 Å². The van der Waals surface area contributed by atoms with Gasteiger partial charge in [-0.25, -0.2) is 0 Å². The van der Waals surface area contributed by atoms with E-state index in [1.54, 1.807) is 0 Å². The summed E-state index contributed by atoms with van der Waals surface area (Å²) in [5, 5.41) is 0. The number of aldehydes is 1. The van der Waals surface area contributed by atoms with Crippen LogP contribution in [0.5, 0.6) is 0 Å². The van der Waals surface area contributed by atoms with Gasteiger partial charge >= 0.3 is 0 Å².